The number of rotatable bonds is 8. The number of aliphatic hydroxyl groups excluding tert-OH is 1. The van der Waals surface area contributed by atoms with E-state index in [-0.39, 0.29) is 11.9 Å². The summed E-state index contributed by atoms with van der Waals surface area (Å²) in [6.45, 7) is 8.33. The van der Waals surface area contributed by atoms with Crippen molar-refractivity contribution in [1.82, 2.24) is 14.9 Å². The van der Waals surface area contributed by atoms with Gasteiger partial charge in [0.25, 0.3) is 0 Å². The number of β-amino-alcohol motifs (C(OH)–C–C–N with tert-alkyl or cyclic N) is 1. The largest absolute Gasteiger partial charge is 0.392 e. The summed E-state index contributed by atoms with van der Waals surface area (Å²) < 4.78 is 13.5. The Bertz CT molecular complexity index is 1030. The summed E-state index contributed by atoms with van der Waals surface area (Å²) in [4.78, 5) is 14.7. The molecule has 33 heavy (non-hydrogen) atoms. The van der Waals surface area contributed by atoms with Crippen molar-refractivity contribution in [3.8, 4) is 11.4 Å². The minimum Gasteiger partial charge on any atom is -0.392 e. The zero-order valence-electron chi connectivity index (χ0n) is 19.5. The number of halogens is 1. The highest BCUT2D eigenvalue weighted by molar-refractivity contribution is 5.61. The summed E-state index contributed by atoms with van der Waals surface area (Å²) in [7, 11) is 0. The summed E-state index contributed by atoms with van der Waals surface area (Å²) in [6.07, 6.45) is 1.96. The van der Waals surface area contributed by atoms with Crippen LogP contribution in [0.2, 0.25) is 0 Å². The van der Waals surface area contributed by atoms with E-state index < -0.39 is 0 Å². The van der Waals surface area contributed by atoms with Crippen molar-refractivity contribution in [2.75, 3.05) is 37.6 Å². The number of hydrogen-bond donors (Lipinski definition) is 1. The topological polar surface area (TPSA) is 52.5 Å². The molecule has 1 saturated heterocycles. The third-order valence-electron chi connectivity index (χ3n) is 6.34. The molecule has 0 amide bonds. The molecule has 0 aliphatic carbocycles. The third kappa shape index (κ3) is 5.75. The Balaban J connectivity index is 1.68. The highest BCUT2D eigenvalue weighted by Gasteiger charge is 2.24. The van der Waals surface area contributed by atoms with E-state index in [0.29, 0.717) is 13.0 Å². The molecule has 174 valence electrons. The van der Waals surface area contributed by atoms with Gasteiger partial charge in [-0.2, -0.15) is 0 Å². The number of benzene rings is 2. The lowest BCUT2D eigenvalue weighted by atomic mass is 10.0. The van der Waals surface area contributed by atoms with Gasteiger partial charge >= 0.3 is 0 Å². The van der Waals surface area contributed by atoms with E-state index in [1.54, 1.807) is 0 Å². The van der Waals surface area contributed by atoms with Crippen molar-refractivity contribution >= 4 is 5.82 Å². The van der Waals surface area contributed by atoms with Gasteiger partial charge in [0.1, 0.15) is 11.6 Å². The fourth-order valence-corrected chi connectivity index (χ4v) is 4.34. The van der Waals surface area contributed by atoms with E-state index in [1.165, 1.54) is 12.1 Å². The van der Waals surface area contributed by atoms with Crippen LogP contribution in [0.1, 0.15) is 37.1 Å². The summed E-state index contributed by atoms with van der Waals surface area (Å²) >= 11 is 0. The van der Waals surface area contributed by atoms with Crippen molar-refractivity contribution in [3.05, 3.63) is 77.2 Å². The van der Waals surface area contributed by atoms with Gasteiger partial charge in [-0.15, -0.1) is 0 Å². The number of hydrogen-bond acceptors (Lipinski definition) is 5. The van der Waals surface area contributed by atoms with E-state index in [1.807, 2.05) is 49.4 Å². The maximum Gasteiger partial charge on any atom is 0.161 e. The van der Waals surface area contributed by atoms with Crippen LogP contribution in [-0.4, -0.2) is 58.8 Å². The van der Waals surface area contributed by atoms with Crippen LogP contribution >= 0.6 is 0 Å². The van der Waals surface area contributed by atoms with Crippen molar-refractivity contribution in [3.63, 3.8) is 0 Å². The first-order valence-corrected chi connectivity index (χ1v) is 11.9. The maximum absolute atomic E-state index is 13.5. The molecule has 2 heterocycles. The average molecular weight is 449 g/mol. The summed E-state index contributed by atoms with van der Waals surface area (Å²) in [5.74, 6) is 1.49. The first-order chi connectivity index (χ1) is 16.1. The standard InChI is InChI=1S/C27H33FN4O/c1-3-23(33)19-31-14-16-32(17-15-31)27-24(18-20-10-12-22(28)13-11-20)25(4-2)29-26(30-27)21-8-6-5-7-9-21/h5-13,23,33H,3-4,14-19H2,1-2H3/t23-/m0/s1. The third-order valence-corrected chi connectivity index (χ3v) is 6.34. The minimum atomic E-state index is -0.277. The molecule has 1 aliphatic rings. The summed E-state index contributed by atoms with van der Waals surface area (Å²) in [6, 6.07) is 16.8. The summed E-state index contributed by atoms with van der Waals surface area (Å²) in [5, 5.41) is 10.0. The molecule has 0 radical (unpaired) electrons. The number of aryl methyl sites for hydroxylation is 1. The number of aromatic nitrogens is 2. The lowest BCUT2D eigenvalue weighted by molar-refractivity contribution is 0.106. The van der Waals surface area contributed by atoms with Crippen LogP contribution in [0.25, 0.3) is 11.4 Å². The SMILES string of the molecule is CCc1nc(-c2ccccc2)nc(N2CCN(C[C@@H](O)CC)CC2)c1Cc1ccc(F)cc1. The zero-order chi connectivity index (χ0) is 23.2. The lowest BCUT2D eigenvalue weighted by Crippen LogP contribution is -2.49. The van der Waals surface area contributed by atoms with Crippen LogP contribution in [0, 0.1) is 5.82 Å². The lowest BCUT2D eigenvalue weighted by Gasteiger charge is -2.37. The number of piperazine rings is 1. The second kappa shape index (κ2) is 10.9. The van der Waals surface area contributed by atoms with Gasteiger partial charge in [0, 0.05) is 56.0 Å². The quantitative estimate of drug-likeness (QED) is 0.556. The number of nitrogens with zero attached hydrogens (tertiary/aromatic N) is 4. The molecule has 5 nitrogen and oxygen atoms in total. The zero-order valence-corrected chi connectivity index (χ0v) is 19.5. The normalized spacial score (nSPS) is 15.6. The fourth-order valence-electron chi connectivity index (χ4n) is 4.34. The van der Waals surface area contributed by atoms with Crippen LogP contribution < -0.4 is 4.90 Å². The van der Waals surface area contributed by atoms with Gasteiger partial charge in [-0.3, -0.25) is 4.90 Å². The van der Waals surface area contributed by atoms with Gasteiger partial charge < -0.3 is 10.0 Å². The van der Waals surface area contributed by atoms with Crippen molar-refractivity contribution in [2.45, 2.75) is 39.2 Å². The van der Waals surface area contributed by atoms with Crippen LogP contribution in [0.5, 0.6) is 0 Å². The first kappa shape index (κ1) is 23.3. The average Bonchev–Trinajstić information content (AvgIpc) is 2.86. The molecule has 0 bridgehead atoms. The van der Waals surface area contributed by atoms with Gasteiger partial charge in [-0.25, -0.2) is 14.4 Å². The minimum absolute atomic E-state index is 0.226. The molecule has 4 rings (SSSR count). The molecule has 0 unspecified atom stereocenters. The molecule has 1 aliphatic heterocycles. The van der Waals surface area contributed by atoms with E-state index in [2.05, 4.69) is 16.7 Å². The monoisotopic (exact) mass is 448 g/mol. The Morgan fingerprint density at radius 1 is 0.939 bits per heavy atom. The molecule has 0 saturated carbocycles. The highest BCUT2D eigenvalue weighted by Crippen LogP contribution is 2.29. The molecule has 1 atom stereocenters. The molecule has 3 aromatic rings. The maximum atomic E-state index is 13.5. The molecule has 1 N–H and O–H groups in total. The van der Waals surface area contributed by atoms with Crippen LogP contribution in [0.4, 0.5) is 10.2 Å². The molecule has 0 spiro atoms. The van der Waals surface area contributed by atoms with Gasteiger partial charge in [-0.05, 0) is 30.5 Å². The molecule has 1 aromatic heterocycles. The van der Waals surface area contributed by atoms with Crippen molar-refractivity contribution in [1.29, 1.82) is 0 Å². The molecular weight excluding hydrogens is 415 g/mol. The highest BCUT2D eigenvalue weighted by atomic mass is 19.1. The molecule has 2 aromatic carbocycles. The predicted octanol–water partition coefficient (Wildman–Crippen LogP) is 4.33. The Morgan fingerprint density at radius 2 is 1.64 bits per heavy atom. The predicted molar refractivity (Wildman–Crippen MR) is 131 cm³/mol. The van der Waals surface area contributed by atoms with Crippen LogP contribution in [0.15, 0.2) is 54.6 Å². The van der Waals surface area contributed by atoms with E-state index in [0.717, 1.165) is 73.0 Å². The number of anilines is 1. The number of aliphatic hydroxyl groups is 1. The molecule has 1 fully saturated rings. The van der Waals surface area contributed by atoms with Gasteiger partial charge in [0.15, 0.2) is 5.82 Å². The summed E-state index contributed by atoms with van der Waals surface area (Å²) in [5.41, 5.74) is 4.21. The van der Waals surface area contributed by atoms with E-state index >= 15 is 0 Å². The Hall–Kier alpha value is -2.83. The van der Waals surface area contributed by atoms with Crippen LogP contribution in [-0.2, 0) is 12.8 Å². The van der Waals surface area contributed by atoms with Gasteiger partial charge in [0.2, 0.25) is 0 Å². The molecule has 6 heteroatoms. The van der Waals surface area contributed by atoms with Crippen molar-refractivity contribution < 1.29 is 9.50 Å². The van der Waals surface area contributed by atoms with Crippen molar-refractivity contribution in [2.24, 2.45) is 0 Å². The Morgan fingerprint density at radius 3 is 2.27 bits per heavy atom. The van der Waals surface area contributed by atoms with Gasteiger partial charge in [0.05, 0.1) is 6.10 Å². The first-order valence-electron chi connectivity index (χ1n) is 11.9. The fraction of sp³-hybridized carbons (Fsp3) is 0.407. The Kier molecular flexibility index (Phi) is 7.68. The smallest absolute Gasteiger partial charge is 0.161 e. The second-order valence-corrected chi connectivity index (χ2v) is 8.67. The molecular formula is C27H33FN4O. The van der Waals surface area contributed by atoms with E-state index in [9.17, 15) is 9.50 Å². The van der Waals surface area contributed by atoms with Gasteiger partial charge in [-0.1, -0.05) is 56.3 Å². The second-order valence-electron chi connectivity index (χ2n) is 8.67. The Labute approximate surface area is 195 Å². The van der Waals surface area contributed by atoms with Crippen LogP contribution in [0.3, 0.4) is 0 Å². The van der Waals surface area contributed by atoms with E-state index in [4.69, 9.17) is 9.97 Å².